The summed E-state index contributed by atoms with van der Waals surface area (Å²) in [6, 6.07) is 3.28. The summed E-state index contributed by atoms with van der Waals surface area (Å²) in [4.78, 5) is 0. The molecule has 88 valence electrons. The molecule has 0 aromatic carbocycles. The third kappa shape index (κ3) is 2.40. The van der Waals surface area contributed by atoms with Crippen LogP contribution in [-0.2, 0) is 17.1 Å². The van der Waals surface area contributed by atoms with Crippen molar-refractivity contribution in [2.45, 2.75) is 18.4 Å². The maximum absolute atomic E-state index is 12.1. The first kappa shape index (κ1) is 12.7. The van der Waals surface area contributed by atoms with Gasteiger partial charge in [0.15, 0.2) is 5.03 Å². The summed E-state index contributed by atoms with van der Waals surface area (Å²) in [5.41, 5.74) is 0. The Kier molecular flexibility index (Phi) is 4.04. The van der Waals surface area contributed by atoms with Crippen LogP contribution in [-0.4, -0.2) is 35.6 Å². The van der Waals surface area contributed by atoms with Gasteiger partial charge in [0.1, 0.15) is 6.54 Å². The van der Waals surface area contributed by atoms with Crippen molar-refractivity contribution in [1.82, 2.24) is 14.1 Å². The second kappa shape index (κ2) is 5.09. The first-order valence-electron chi connectivity index (χ1n) is 4.89. The molecular formula is C9H14N4O2S. The van der Waals surface area contributed by atoms with Gasteiger partial charge in [0.25, 0.3) is 10.0 Å². The van der Waals surface area contributed by atoms with Crippen LogP contribution in [0, 0.1) is 11.3 Å². The number of nitrogens with zero attached hydrogens (tertiary/aromatic N) is 4. The Bertz CT molecular complexity index is 486. The van der Waals surface area contributed by atoms with Crippen molar-refractivity contribution in [2.75, 3.05) is 13.1 Å². The zero-order chi connectivity index (χ0) is 12.2. The van der Waals surface area contributed by atoms with Crippen molar-refractivity contribution in [1.29, 1.82) is 5.26 Å². The van der Waals surface area contributed by atoms with E-state index >= 15 is 0 Å². The molecule has 0 saturated heterocycles. The van der Waals surface area contributed by atoms with Crippen LogP contribution in [0.5, 0.6) is 0 Å². The summed E-state index contributed by atoms with van der Waals surface area (Å²) in [6.45, 7) is 2.06. The second-order valence-electron chi connectivity index (χ2n) is 3.29. The summed E-state index contributed by atoms with van der Waals surface area (Å²) < 4.78 is 26.7. The van der Waals surface area contributed by atoms with E-state index in [1.165, 1.54) is 16.9 Å². The molecule has 0 aliphatic carbocycles. The highest BCUT2D eigenvalue weighted by atomic mass is 32.2. The topological polar surface area (TPSA) is 79.0 Å². The molecule has 0 radical (unpaired) electrons. The van der Waals surface area contributed by atoms with Crippen LogP contribution < -0.4 is 0 Å². The number of aromatic nitrogens is 2. The molecule has 0 spiro atoms. The second-order valence-corrected chi connectivity index (χ2v) is 5.17. The van der Waals surface area contributed by atoms with E-state index < -0.39 is 10.0 Å². The standard InChI is InChI=1S/C9H14N4O2S/c1-3-7-13(8-5-10)16(14,15)9-4-6-11-12(9)2/h4,6H,3,7-8H2,1-2H3. The third-order valence-corrected chi connectivity index (χ3v) is 4.02. The van der Waals surface area contributed by atoms with Gasteiger partial charge in [-0.15, -0.1) is 0 Å². The lowest BCUT2D eigenvalue weighted by Crippen LogP contribution is -2.33. The average Bonchev–Trinajstić information content (AvgIpc) is 2.65. The van der Waals surface area contributed by atoms with Crippen LogP contribution in [0.1, 0.15) is 13.3 Å². The Balaban J connectivity index is 3.09. The van der Waals surface area contributed by atoms with E-state index in [-0.39, 0.29) is 11.6 Å². The van der Waals surface area contributed by atoms with Gasteiger partial charge in [-0.25, -0.2) is 8.42 Å². The smallest absolute Gasteiger partial charge is 0.256 e. The van der Waals surface area contributed by atoms with Crippen molar-refractivity contribution in [2.24, 2.45) is 7.05 Å². The molecule has 0 aliphatic rings. The van der Waals surface area contributed by atoms with Crippen LogP contribution in [0.2, 0.25) is 0 Å². The molecule has 0 unspecified atom stereocenters. The molecule has 1 rings (SSSR count). The molecular weight excluding hydrogens is 228 g/mol. The number of rotatable bonds is 5. The molecule has 1 aromatic rings. The Morgan fingerprint density at radius 3 is 2.75 bits per heavy atom. The van der Waals surface area contributed by atoms with Crippen molar-refractivity contribution in [3.05, 3.63) is 12.3 Å². The predicted molar refractivity (Wildman–Crippen MR) is 57.9 cm³/mol. The molecule has 6 nitrogen and oxygen atoms in total. The number of sulfonamides is 1. The molecule has 0 saturated carbocycles. The number of hydrogen-bond acceptors (Lipinski definition) is 4. The summed E-state index contributed by atoms with van der Waals surface area (Å²) in [7, 11) is -2.04. The van der Waals surface area contributed by atoms with Gasteiger partial charge in [0, 0.05) is 13.6 Å². The number of aryl methyl sites for hydroxylation is 1. The van der Waals surface area contributed by atoms with Crippen LogP contribution in [0.25, 0.3) is 0 Å². The molecule has 1 heterocycles. The molecule has 0 amide bonds. The van der Waals surface area contributed by atoms with Crippen molar-refractivity contribution < 1.29 is 8.42 Å². The van der Waals surface area contributed by atoms with Crippen LogP contribution in [0.3, 0.4) is 0 Å². The van der Waals surface area contributed by atoms with E-state index in [2.05, 4.69) is 5.10 Å². The lowest BCUT2D eigenvalue weighted by molar-refractivity contribution is 0.437. The highest BCUT2D eigenvalue weighted by Crippen LogP contribution is 2.14. The fourth-order valence-electron chi connectivity index (χ4n) is 1.36. The number of nitriles is 1. The minimum Gasteiger partial charge on any atom is -0.256 e. The first-order chi connectivity index (χ1) is 7.54. The van der Waals surface area contributed by atoms with E-state index in [1.54, 1.807) is 7.05 Å². The van der Waals surface area contributed by atoms with E-state index in [0.717, 1.165) is 4.31 Å². The maximum Gasteiger partial charge on any atom is 0.261 e. The minimum absolute atomic E-state index is 0.108. The van der Waals surface area contributed by atoms with Gasteiger partial charge in [-0.2, -0.15) is 14.7 Å². The normalized spacial score (nSPS) is 11.6. The molecule has 7 heteroatoms. The Labute approximate surface area is 95.1 Å². The van der Waals surface area contributed by atoms with Gasteiger partial charge in [-0.05, 0) is 12.5 Å². The first-order valence-corrected chi connectivity index (χ1v) is 6.33. The van der Waals surface area contributed by atoms with Gasteiger partial charge < -0.3 is 0 Å². The highest BCUT2D eigenvalue weighted by Gasteiger charge is 2.26. The molecule has 0 aliphatic heterocycles. The van der Waals surface area contributed by atoms with E-state index in [1.807, 2.05) is 13.0 Å². The Morgan fingerprint density at radius 1 is 1.62 bits per heavy atom. The zero-order valence-corrected chi connectivity index (χ0v) is 10.1. The minimum atomic E-state index is -3.60. The third-order valence-electron chi connectivity index (χ3n) is 2.10. The molecule has 16 heavy (non-hydrogen) atoms. The van der Waals surface area contributed by atoms with Gasteiger partial charge in [-0.1, -0.05) is 6.92 Å². The SMILES string of the molecule is CCCN(CC#N)S(=O)(=O)c1ccnn1C. The molecule has 0 atom stereocenters. The Hall–Kier alpha value is -1.39. The van der Waals surface area contributed by atoms with Gasteiger partial charge >= 0.3 is 0 Å². The van der Waals surface area contributed by atoms with Crippen LogP contribution in [0.4, 0.5) is 0 Å². The quantitative estimate of drug-likeness (QED) is 0.698. The largest absolute Gasteiger partial charge is 0.261 e. The molecule has 0 N–H and O–H groups in total. The summed E-state index contributed by atoms with van der Waals surface area (Å²) in [5.74, 6) is 0. The fraction of sp³-hybridized carbons (Fsp3) is 0.556. The van der Waals surface area contributed by atoms with Crippen LogP contribution >= 0.6 is 0 Å². The Morgan fingerprint density at radius 2 is 2.31 bits per heavy atom. The molecule has 1 aromatic heterocycles. The average molecular weight is 242 g/mol. The van der Waals surface area contributed by atoms with Crippen molar-refractivity contribution in [3.8, 4) is 6.07 Å². The summed E-state index contributed by atoms with van der Waals surface area (Å²) >= 11 is 0. The fourth-order valence-corrected chi connectivity index (χ4v) is 2.89. The van der Waals surface area contributed by atoms with Gasteiger partial charge in [-0.3, -0.25) is 4.68 Å². The maximum atomic E-state index is 12.1. The monoisotopic (exact) mass is 242 g/mol. The lowest BCUT2D eigenvalue weighted by atomic mass is 10.5. The zero-order valence-electron chi connectivity index (χ0n) is 9.29. The van der Waals surface area contributed by atoms with Crippen molar-refractivity contribution in [3.63, 3.8) is 0 Å². The summed E-state index contributed by atoms with van der Waals surface area (Å²) in [6.07, 6.45) is 2.09. The lowest BCUT2D eigenvalue weighted by Gasteiger charge is -2.17. The van der Waals surface area contributed by atoms with Crippen molar-refractivity contribution >= 4 is 10.0 Å². The van der Waals surface area contributed by atoms with Gasteiger partial charge in [0.2, 0.25) is 0 Å². The predicted octanol–water partition coefficient (Wildman–Crippen LogP) is 0.344. The van der Waals surface area contributed by atoms with Crippen LogP contribution in [0.15, 0.2) is 17.3 Å². The van der Waals surface area contributed by atoms with E-state index in [4.69, 9.17) is 5.26 Å². The summed E-state index contributed by atoms with van der Waals surface area (Å²) in [5, 5.41) is 12.5. The molecule has 0 bridgehead atoms. The molecule has 0 fully saturated rings. The van der Waals surface area contributed by atoms with E-state index in [0.29, 0.717) is 13.0 Å². The highest BCUT2D eigenvalue weighted by molar-refractivity contribution is 7.89. The van der Waals surface area contributed by atoms with E-state index in [9.17, 15) is 8.42 Å². The van der Waals surface area contributed by atoms with Gasteiger partial charge in [0.05, 0.1) is 12.3 Å². The number of hydrogen-bond donors (Lipinski definition) is 0.